The van der Waals surface area contributed by atoms with E-state index in [2.05, 4.69) is 20.8 Å². The second-order valence-corrected chi connectivity index (χ2v) is 7.42. The van der Waals surface area contributed by atoms with Crippen LogP contribution in [0.15, 0.2) is 29.2 Å². The fraction of sp³-hybridized carbons (Fsp3) is 0.500. The molecule has 0 heterocycles. The van der Waals surface area contributed by atoms with Gasteiger partial charge < -0.3 is 0 Å². The first-order valence-corrected chi connectivity index (χ1v) is 7.67. The minimum absolute atomic E-state index is 0.0124. The summed E-state index contributed by atoms with van der Waals surface area (Å²) in [4.78, 5) is 11.5. The van der Waals surface area contributed by atoms with Gasteiger partial charge in [-0.2, -0.15) is 0 Å². The highest BCUT2D eigenvalue weighted by molar-refractivity contribution is 7.92. The van der Waals surface area contributed by atoms with Gasteiger partial charge >= 0.3 is 0 Å². The Morgan fingerprint density at radius 2 is 1.61 bits per heavy atom. The summed E-state index contributed by atoms with van der Waals surface area (Å²) in [5, 5.41) is 0. The number of hydrogen-bond acceptors (Lipinski definition) is 3. The molecule has 0 fully saturated rings. The van der Waals surface area contributed by atoms with Crippen molar-refractivity contribution < 1.29 is 13.2 Å². The molecular weight excluding hydrogens is 248 g/mol. The molecule has 0 spiro atoms. The third-order valence-corrected chi connectivity index (χ3v) is 4.52. The normalized spacial score (nSPS) is 12.4. The molecule has 0 aromatic heterocycles. The van der Waals surface area contributed by atoms with Crippen LogP contribution in [0.4, 0.5) is 0 Å². The molecular formula is C14H20O3S. The van der Waals surface area contributed by atoms with Crippen LogP contribution in [0.1, 0.15) is 39.7 Å². The van der Waals surface area contributed by atoms with Crippen LogP contribution < -0.4 is 0 Å². The molecule has 1 rings (SSSR count). The van der Waals surface area contributed by atoms with Crippen LogP contribution in [0.3, 0.4) is 0 Å². The van der Waals surface area contributed by atoms with Crippen molar-refractivity contribution in [2.75, 3.05) is 5.75 Å². The van der Waals surface area contributed by atoms with Crippen LogP contribution in [0, 0.1) is 0 Å². The van der Waals surface area contributed by atoms with Gasteiger partial charge in [0.2, 0.25) is 0 Å². The van der Waals surface area contributed by atoms with Crippen molar-refractivity contribution in [3.63, 3.8) is 0 Å². The first kappa shape index (κ1) is 14.9. The van der Waals surface area contributed by atoms with E-state index in [1.54, 1.807) is 19.1 Å². The standard InChI is InChI=1S/C14H20O3S/c1-5-12(15)10-18(16,17)13-8-6-11(7-9-13)14(2,3)4/h6-9H,5,10H2,1-4H3. The quantitative estimate of drug-likeness (QED) is 0.843. The monoisotopic (exact) mass is 268 g/mol. The van der Waals surface area contributed by atoms with Crippen molar-refractivity contribution >= 4 is 15.6 Å². The van der Waals surface area contributed by atoms with Crippen LogP contribution in [0.5, 0.6) is 0 Å². The van der Waals surface area contributed by atoms with E-state index >= 15 is 0 Å². The number of carbonyl (C=O) groups excluding carboxylic acids is 1. The van der Waals surface area contributed by atoms with Gasteiger partial charge in [0, 0.05) is 6.42 Å². The maximum absolute atomic E-state index is 11.9. The molecule has 0 aliphatic carbocycles. The first-order chi connectivity index (χ1) is 8.16. The van der Waals surface area contributed by atoms with Crippen molar-refractivity contribution in [1.82, 2.24) is 0 Å². The Hall–Kier alpha value is -1.16. The SMILES string of the molecule is CCC(=O)CS(=O)(=O)c1ccc(C(C)(C)C)cc1. The first-order valence-electron chi connectivity index (χ1n) is 6.02. The van der Waals surface area contributed by atoms with Gasteiger partial charge in [-0.25, -0.2) is 8.42 Å². The van der Waals surface area contributed by atoms with Crippen molar-refractivity contribution in [3.05, 3.63) is 29.8 Å². The predicted molar refractivity (Wildman–Crippen MR) is 72.5 cm³/mol. The molecule has 0 saturated carbocycles. The lowest BCUT2D eigenvalue weighted by molar-refractivity contribution is -0.116. The van der Waals surface area contributed by atoms with E-state index < -0.39 is 15.6 Å². The summed E-state index contributed by atoms with van der Waals surface area (Å²) in [6.07, 6.45) is 0.249. The van der Waals surface area contributed by atoms with Gasteiger partial charge in [0.25, 0.3) is 0 Å². The Balaban J connectivity index is 3.02. The molecule has 100 valence electrons. The lowest BCUT2D eigenvalue weighted by atomic mass is 9.87. The number of Topliss-reactive ketones (excluding diaryl/α,β-unsaturated/α-hetero) is 1. The third kappa shape index (κ3) is 3.67. The Bertz CT molecular complexity index is 519. The largest absolute Gasteiger partial charge is 0.299 e. The maximum Gasteiger partial charge on any atom is 0.185 e. The van der Waals surface area contributed by atoms with Gasteiger partial charge in [0.15, 0.2) is 9.84 Å². The highest BCUT2D eigenvalue weighted by atomic mass is 32.2. The summed E-state index contributed by atoms with van der Waals surface area (Å²) < 4.78 is 23.9. The molecule has 1 aromatic carbocycles. The van der Waals surface area contributed by atoms with E-state index in [1.807, 2.05) is 12.1 Å². The molecule has 0 aliphatic rings. The number of ketones is 1. The average molecular weight is 268 g/mol. The highest BCUT2D eigenvalue weighted by Crippen LogP contribution is 2.23. The molecule has 0 radical (unpaired) electrons. The molecule has 0 unspecified atom stereocenters. The van der Waals surface area contributed by atoms with Crippen LogP contribution in [-0.2, 0) is 20.0 Å². The zero-order chi connectivity index (χ0) is 14.0. The van der Waals surface area contributed by atoms with E-state index in [9.17, 15) is 13.2 Å². The second kappa shape index (κ2) is 5.22. The van der Waals surface area contributed by atoms with Crippen LogP contribution in [0.2, 0.25) is 0 Å². The molecule has 18 heavy (non-hydrogen) atoms. The molecule has 0 saturated heterocycles. The number of rotatable bonds is 4. The summed E-state index contributed by atoms with van der Waals surface area (Å²) in [7, 11) is -3.48. The zero-order valence-electron chi connectivity index (χ0n) is 11.4. The van der Waals surface area contributed by atoms with Crippen LogP contribution in [0.25, 0.3) is 0 Å². The molecule has 0 aliphatic heterocycles. The van der Waals surface area contributed by atoms with E-state index in [-0.39, 0.29) is 22.5 Å². The van der Waals surface area contributed by atoms with E-state index in [0.717, 1.165) is 5.56 Å². The van der Waals surface area contributed by atoms with Gasteiger partial charge in [-0.3, -0.25) is 4.79 Å². The number of benzene rings is 1. The van der Waals surface area contributed by atoms with Crippen molar-refractivity contribution in [2.24, 2.45) is 0 Å². The number of sulfone groups is 1. The second-order valence-electron chi connectivity index (χ2n) is 5.43. The maximum atomic E-state index is 11.9. The Morgan fingerprint density at radius 3 is 2.00 bits per heavy atom. The van der Waals surface area contributed by atoms with Gasteiger partial charge in [-0.1, -0.05) is 39.8 Å². The fourth-order valence-corrected chi connectivity index (χ4v) is 2.91. The van der Waals surface area contributed by atoms with E-state index in [4.69, 9.17) is 0 Å². The average Bonchev–Trinajstić information content (AvgIpc) is 2.27. The molecule has 4 heteroatoms. The molecule has 3 nitrogen and oxygen atoms in total. The molecule has 1 aromatic rings. The minimum Gasteiger partial charge on any atom is -0.299 e. The minimum atomic E-state index is -3.48. The lowest BCUT2D eigenvalue weighted by Gasteiger charge is -2.19. The Kier molecular flexibility index (Phi) is 4.32. The lowest BCUT2D eigenvalue weighted by Crippen LogP contribution is -2.16. The molecule has 0 bridgehead atoms. The zero-order valence-corrected chi connectivity index (χ0v) is 12.2. The van der Waals surface area contributed by atoms with E-state index in [1.165, 1.54) is 0 Å². The van der Waals surface area contributed by atoms with E-state index in [0.29, 0.717) is 0 Å². The summed E-state index contributed by atoms with van der Waals surface area (Å²) >= 11 is 0. The predicted octanol–water partition coefficient (Wildman–Crippen LogP) is 2.74. The smallest absolute Gasteiger partial charge is 0.185 e. The molecule has 0 N–H and O–H groups in total. The summed E-state index contributed by atoms with van der Waals surface area (Å²) in [6, 6.07) is 6.78. The van der Waals surface area contributed by atoms with Crippen molar-refractivity contribution in [1.29, 1.82) is 0 Å². The molecule has 0 atom stereocenters. The van der Waals surface area contributed by atoms with Gasteiger partial charge in [-0.05, 0) is 23.1 Å². The van der Waals surface area contributed by atoms with Crippen molar-refractivity contribution in [2.45, 2.75) is 44.4 Å². The van der Waals surface area contributed by atoms with Crippen molar-refractivity contribution in [3.8, 4) is 0 Å². The van der Waals surface area contributed by atoms with Gasteiger partial charge in [0.05, 0.1) is 4.90 Å². The van der Waals surface area contributed by atoms with Crippen LogP contribution >= 0.6 is 0 Å². The Labute approximate surface area is 109 Å². The topological polar surface area (TPSA) is 51.2 Å². The Morgan fingerprint density at radius 1 is 1.11 bits per heavy atom. The highest BCUT2D eigenvalue weighted by Gasteiger charge is 2.19. The third-order valence-electron chi connectivity index (χ3n) is 2.82. The summed E-state index contributed by atoms with van der Waals surface area (Å²) in [5.41, 5.74) is 1.06. The summed E-state index contributed by atoms with van der Waals surface area (Å²) in [5.74, 6) is -0.659. The molecule has 0 amide bonds. The van der Waals surface area contributed by atoms with Gasteiger partial charge in [0.1, 0.15) is 11.5 Å². The fourth-order valence-electron chi connectivity index (χ4n) is 1.56. The summed E-state index contributed by atoms with van der Waals surface area (Å²) in [6.45, 7) is 7.87. The van der Waals surface area contributed by atoms with Gasteiger partial charge in [-0.15, -0.1) is 0 Å². The van der Waals surface area contributed by atoms with Crippen LogP contribution in [-0.4, -0.2) is 20.0 Å². The number of carbonyl (C=O) groups is 1. The number of hydrogen-bond donors (Lipinski definition) is 0.